The Morgan fingerprint density at radius 1 is 1.54 bits per heavy atom. The molecule has 1 aromatic carbocycles. The van der Waals surface area contributed by atoms with Gasteiger partial charge in [-0.05, 0) is 44.1 Å². The largest absolute Gasteiger partial charge is 0.395 e. The van der Waals surface area contributed by atoms with E-state index in [4.69, 9.17) is 0 Å². The maximum Gasteiger partial charge on any atom is 0.229 e. The molecular weight excluding hydrogens is 304 g/mol. The minimum Gasteiger partial charge on any atom is -0.395 e. The Morgan fingerprint density at radius 2 is 2.38 bits per heavy atom. The molecule has 3 rings (SSSR count). The van der Waals surface area contributed by atoms with Gasteiger partial charge in [0.1, 0.15) is 0 Å². The molecule has 2 unspecified atom stereocenters. The Hall–Kier alpha value is -2.18. The van der Waals surface area contributed by atoms with Crippen LogP contribution < -0.4 is 5.32 Å². The average molecular weight is 328 g/mol. The summed E-state index contributed by atoms with van der Waals surface area (Å²) in [6, 6.07) is 6.05. The molecule has 2 aromatic rings. The van der Waals surface area contributed by atoms with Crippen LogP contribution in [0.3, 0.4) is 0 Å². The summed E-state index contributed by atoms with van der Waals surface area (Å²) in [6.07, 6.45) is 6.53. The summed E-state index contributed by atoms with van der Waals surface area (Å²) in [4.78, 5) is 14.4. The van der Waals surface area contributed by atoms with Crippen LogP contribution in [0, 0.1) is 11.3 Å². The molecule has 1 aliphatic rings. The third kappa shape index (κ3) is 3.34. The molecule has 0 bridgehead atoms. The molecule has 1 amide bonds. The van der Waals surface area contributed by atoms with Crippen molar-refractivity contribution in [2.24, 2.45) is 11.3 Å². The topological polar surface area (TPSA) is 81.3 Å². The molecule has 1 heterocycles. The summed E-state index contributed by atoms with van der Waals surface area (Å²) >= 11 is 0. The van der Waals surface area contributed by atoms with E-state index in [-0.39, 0.29) is 18.4 Å². The van der Waals surface area contributed by atoms with Crippen molar-refractivity contribution in [1.82, 2.24) is 20.4 Å². The van der Waals surface area contributed by atoms with Gasteiger partial charge in [-0.3, -0.25) is 9.89 Å². The van der Waals surface area contributed by atoms with E-state index < -0.39 is 5.41 Å². The summed E-state index contributed by atoms with van der Waals surface area (Å²) in [5.41, 5.74) is 1.42. The van der Waals surface area contributed by atoms with Crippen LogP contribution in [0.5, 0.6) is 0 Å². The monoisotopic (exact) mass is 328 g/mol. The third-order valence-electron chi connectivity index (χ3n) is 4.70. The van der Waals surface area contributed by atoms with E-state index in [1.54, 1.807) is 6.20 Å². The van der Waals surface area contributed by atoms with Gasteiger partial charge in [-0.2, -0.15) is 5.10 Å². The molecule has 6 heteroatoms. The molecule has 0 radical (unpaired) electrons. The van der Waals surface area contributed by atoms with E-state index in [1.807, 2.05) is 43.3 Å². The number of aliphatic hydroxyl groups is 1. The summed E-state index contributed by atoms with van der Waals surface area (Å²) < 4.78 is 0. The second-order valence-corrected chi connectivity index (χ2v) is 6.76. The van der Waals surface area contributed by atoms with Gasteiger partial charge in [0.05, 0.1) is 23.7 Å². The van der Waals surface area contributed by atoms with E-state index in [0.29, 0.717) is 13.0 Å². The van der Waals surface area contributed by atoms with Gasteiger partial charge in [-0.15, -0.1) is 0 Å². The smallest absolute Gasteiger partial charge is 0.229 e. The number of amides is 1. The predicted octanol–water partition coefficient (Wildman–Crippen LogP) is 1.25. The molecule has 24 heavy (non-hydrogen) atoms. The van der Waals surface area contributed by atoms with E-state index in [2.05, 4.69) is 21.6 Å². The number of nitrogens with one attached hydrogen (secondary N) is 2. The van der Waals surface area contributed by atoms with Crippen LogP contribution in [-0.2, 0) is 4.79 Å². The maximum absolute atomic E-state index is 12.4. The lowest BCUT2D eigenvalue weighted by atomic mass is 10.0. The van der Waals surface area contributed by atoms with E-state index in [1.165, 1.54) is 0 Å². The lowest BCUT2D eigenvalue weighted by Gasteiger charge is -2.15. The van der Waals surface area contributed by atoms with Gasteiger partial charge in [0.25, 0.3) is 0 Å². The number of rotatable bonds is 7. The Labute approximate surface area is 141 Å². The van der Waals surface area contributed by atoms with E-state index in [9.17, 15) is 9.90 Å². The highest BCUT2D eigenvalue weighted by molar-refractivity contribution is 5.87. The normalized spacial score (nSPS) is 23.2. The van der Waals surface area contributed by atoms with Crippen molar-refractivity contribution in [3.05, 3.63) is 36.0 Å². The van der Waals surface area contributed by atoms with Gasteiger partial charge in [-0.25, -0.2) is 0 Å². The predicted molar refractivity (Wildman–Crippen MR) is 94.3 cm³/mol. The number of H-pyrrole nitrogens is 1. The van der Waals surface area contributed by atoms with Crippen LogP contribution in [0.4, 0.5) is 0 Å². The van der Waals surface area contributed by atoms with Gasteiger partial charge >= 0.3 is 0 Å². The minimum atomic E-state index is -0.650. The van der Waals surface area contributed by atoms with E-state index >= 15 is 0 Å². The number of carbonyl (C=O) groups is 1. The second kappa shape index (κ2) is 6.75. The Balaban J connectivity index is 1.62. The fourth-order valence-electron chi connectivity index (χ4n) is 2.96. The number of benzene rings is 1. The quantitative estimate of drug-likeness (QED) is 0.714. The molecule has 3 N–H and O–H groups in total. The Kier molecular flexibility index (Phi) is 4.69. The second-order valence-electron chi connectivity index (χ2n) is 6.76. The summed E-state index contributed by atoms with van der Waals surface area (Å²) in [7, 11) is 3.93. The van der Waals surface area contributed by atoms with Crippen molar-refractivity contribution < 1.29 is 9.90 Å². The fourth-order valence-corrected chi connectivity index (χ4v) is 2.96. The van der Waals surface area contributed by atoms with Crippen LogP contribution >= 0.6 is 0 Å². The Morgan fingerprint density at radius 3 is 3.12 bits per heavy atom. The first-order valence-electron chi connectivity index (χ1n) is 8.20. The molecule has 6 nitrogen and oxygen atoms in total. The SMILES string of the molecule is CN(C)CCNC(=O)C1(CO)CC1C=Cc1ccc2[nH]ncc2c1. The zero-order valence-electron chi connectivity index (χ0n) is 14.1. The van der Waals surface area contributed by atoms with Gasteiger partial charge in [0.2, 0.25) is 5.91 Å². The molecule has 0 spiro atoms. The number of likely N-dealkylation sites (N-methyl/N-ethyl adjacent to an activating group) is 1. The standard InChI is InChI=1S/C18H24N4O2/c1-22(2)8-7-19-17(24)18(12-23)10-15(18)5-3-13-4-6-16-14(9-13)11-20-21-16/h3-6,9,11,15,23H,7-8,10,12H2,1-2H3,(H,19,24)(H,20,21). The number of aromatic nitrogens is 2. The first-order chi connectivity index (χ1) is 11.5. The molecule has 0 aliphatic heterocycles. The number of allylic oxidation sites excluding steroid dienone is 1. The molecule has 1 saturated carbocycles. The zero-order chi connectivity index (χ0) is 17.2. The molecule has 2 atom stereocenters. The van der Waals surface area contributed by atoms with Crippen LogP contribution in [0.25, 0.3) is 17.0 Å². The van der Waals surface area contributed by atoms with Gasteiger partial charge in [0.15, 0.2) is 0 Å². The minimum absolute atomic E-state index is 0.0493. The summed E-state index contributed by atoms with van der Waals surface area (Å²) in [5.74, 6) is 0.0358. The van der Waals surface area contributed by atoms with Crippen molar-refractivity contribution in [3.63, 3.8) is 0 Å². The maximum atomic E-state index is 12.4. The molecular formula is C18H24N4O2. The number of carbonyl (C=O) groups excluding carboxylic acids is 1. The van der Waals surface area contributed by atoms with Gasteiger partial charge < -0.3 is 15.3 Å². The number of aromatic amines is 1. The van der Waals surface area contributed by atoms with Gasteiger partial charge in [-0.1, -0.05) is 18.2 Å². The van der Waals surface area contributed by atoms with Crippen LogP contribution in [0.15, 0.2) is 30.5 Å². The number of nitrogens with zero attached hydrogens (tertiary/aromatic N) is 2. The van der Waals surface area contributed by atoms with Gasteiger partial charge in [0, 0.05) is 18.5 Å². The lowest BCUT2D eigenvalue weighted by molar-refractivity contribution is -0.128. The summed E-state index contributed by atoms with van der Waals surface area (Å²) in [5, 5.41) is 20.6. The van der Waals surface area contributed by atoms with Crippen molar-refractivity contribution >= 4 is 22.9 Å². The Bertz CT molecular complexity index is 752. The highest BCUT2D eigenvalue weighted by Crippen LogP contribution is 2.53. The highest BCUT2D eigenvalue weighted by Gasteiger charge is 2.58. The number of hydrogen-bond acceptors (Lipinski definition) is 4. The number of aliphatic hydroxyl groups excluding tert-OH is 1. The number of fused-ring (bicyclic) bond motifs is 1. The van der Waals surface area contributed by atoms with E-state index in [0.717, 1.165) is 23.0 Å². The van der Waals surface area contributed by atoms with Crippen LogP contribution in [0.1, 0.15) is 12.0 Å². The first kappa shape index (κ1) is 16.7. The molecule has 1 aromatic heterocycles. The first-order valence-corrected chi connectivity index (χ1v) is 8.20. The van der Waals surface area contributed by atoms with Crippen molar-refractivity contribution in [2.45, 2.75) is 6.42 Å². The average Bonchev–Trinajstić information content (AvgIpc) is 3.10. The molecule has 0 saturated heterocycles. The van der Waals surface area contributed by atoms with Crippen LogP contribution in [0.2, 0.25) is 0 Å². The van der Waals surface area contributed by atoms with Crippen molar-refractivity contribution in [3.8, 4) is 0 Å². The van der Waals surface area contributed by atoms with Crippen molar-refractivity contribution in [2.75, 3.05) is 33.8 Å². The zero-order valence-corrected chi connectivity index (χ0v) is 14.1. The molecule has 128 valence electrons. The third-order valence-corrected chi connectivity index (χ3v) is 4.70. The highest BCUT2D eigenvalue weighted by atomic mass is 16.3. The lowest BCUT2D eigenvalue weighted by Crippen LogP contribution is -2.38. The number of hydrogen-bond donors (Lipinski definition) is 3. The summed E-state index contributed by atoms with van der Waals surface area (Å²) in [6.45, 7) is 1.27. The fraction of sp³-hybridized carbons (Fsp3) is 0.444. The van der Waals surface area contributed by atoms with Crippen molar-refractivity contribution in [1.29, 1.82) is 0 Å². The molecule has 1 fully saturated rings. The molecule has 1 aliphatic carbocycles. The van der Waals surface area contributed by atoms with Crippen LogP contribution in [-0.4, -0.2) is 59.9 Å².